The fourth-order valence-corrected chi connectivity index (χ4v) is 5.17. The van der Waals surface area contributed by atoms with Gasteiger partial charge in [0.1, 0.15) is 11.6 Å². The molecule has 1 aliphatic carbocycles. The number of piperazine rings is 1. The average molecular weight is 451 g/mol. The zero-order valence-corrected chi connectivity index (χ0v) is 19.1. The van der Waals surface area contributed by atoms with Gasteiger partial charge in [0.15, 0.2) is 5.82 Å². The van der Waals surface area contributed by atoms with E-state index in [9.17, 15) is 4.39 Å². The van der Waals surface area contributed by atoms with Gasteiger partial charge in [0.05, 0.1) is 19.2 Å². The van der Waals surface area contributed by atoms with Crippen molar-refractivity contribution in [2.75, 3.05) is 38.2 Å². The Labute approximate surface area is 194 Å². The van der Waals surface area contributed by atoms with Crippen molar-refractivity contribution in [1.82, 2.24) is 25.1 Å². The largest absolute Gasteiger partial charge is 0.497 e. The third-order valence-electron chi connectivity index (χ3n) is 6.99. The summed E-state index contributed by atoms with van der Waals surface area (Å²) in [7, 11) is 1.68. The minimum absolute atomic E-state index is 0.0967. The number of hydrogen-bond donors (Lipinski definition) is 0. The van der Waals surface area contributed by atoms with E-state index in [0.29, 0.717) is 6.04 Å². The third-order valence-corrected chi connectivity index (χ3v) is 6.99. The Kier molecular flexibility index (Phi) is 6.53. The SMILES string of the molecule is COc1ccc(N2CCN([C@H](c3ccc(F)cc3)c3nnnn3C3CCCCC3)CC2)cc1. The van der Waals surface area contributed by atoms with E-state index < -0.39 is 0 Å². The molecule has 5 rings (SSSR count). The lowest BCUT2D eigenvalue weighted by Gasteiger charge is -2.40. The van der Waals surface area contributed by atoms with Crippen molar-refractivity contribution >= 4 is 5.69 Å². The summed E-state index contributed by atoms with van der Waals surface area (Å²) in [6, 6.07) is 15.3. The van der Waals surface area contributed by atoms with Crippen molar-refractivity contribution in [1.29, 1.82) is 0 Å². The molecule has 2 heterocycles. The van der Waals surface area contributed by atoms with Gasteiger partial charge in [-0.25, -0.2) is 9.07 Å². The van der Waals surface area contributed by atoms with Gasteiger partial charge in [-0.2, -0.15) is 0 Å². The average Bonchev–Trinajstić information content (AvgIpc) is 3.36. The lowest BCUT2D eigenvalue weighted by molar-refractivity contribution is 0.193. The molecular weight excluding hydrogens is 419 g/mol. The van der Waals surface area contributed by atoms with E-state index in [4.69, 9.17) is 4.74 Å². The van der Waals surface area contributed by atoms with E-state index in [0.717, 1.165) is 56.2 Å². The predicted molar refractivity (Wildman–Crippen MR) is 125 cm³/mol. The van der Waals surface area contributed by atoms with Crippen molar-refractivity contribution in [2.24, 2.45) is 0 Å². The number of tetrazole rings is 1. The molecule has 1 saturated heterocycles. The molecule has 2 aliphatic rings. The number of ether oxygens (including phenoxy) is 1. The van der Waals surface area contributed by atoms with Crippen LogP contribution in [0.1, 0.15) is 55.6 Å². The third kappa shape index (κ3) is 4.71. The molecule has 3 aromatic rings. The van der Waals surface area contributed by atoms with E-state index >= 15 is 0 Å². The van der Waals surface area contributed by atoms with Crippen molar-refractivity contribution < 1.29 is 9.13 Å². The normalized spacial score (nSPS) is 18.9. The number of methoxy groups -OCH3 is 1. The molecule has 1 aliphatic heterocycles. The van der Waals surface area contributed by atoms with Gasteiger partial charge in [0, 0.05) is 31.9 Å². The van der Waals surface area contributed by atoms with Crippen LogP contribution in [0.15, 0.2) is 48.5 Å². The van der Waals surface area contributed by atoms with Gasteiger partial charge in [-0.15, -0.1) is 5.10 Å². The first-order valence-corrected chi connectivity index (χ1v) is 11.9. The van der Waals surface area contributed by atoms with E-state index in [-0.39, 0.29) is 11.9 Å². The maximum absolute atomic E-state index is 13.7. The van der Waals surface area contributed by atoms with Crippen LogP contribution in [0.5, 0.6) is 5.75 Å². The Balaban J connectivity index is 1.39. The monoisotopic (exact) mass is 450 g/mol. The highest BCUT2D eigenvalue weighted by molar-refractivity contribution is 5.49. The van der Waals surface area contributed by atoms with Crippen LogP contribution in [-0.4, -0.2) is 58.4 Å². The zero-order chi connectivity index (χ0) is 22.6. The summed E-state index contributed by atoms with van der Waals surface area (Å²) in [6.07, 6.45) is 5.93. The molecule has 2 fully saturated rings. The van der Waals surface area contributed by atoms with Crippen LogP contribution in [0.25, 0.3) is 0 Å². The molecule has 7 nitrogen and oxygen atoms in total. The number of benzene rings is 2. The van der Waals surface area contributed by atoms with Crippen LogP contribution in [0.2, 0.25) is 0 Å². The van der Waals surface area contributed by atoms with Crippen molar-refractivity contribution in [3.05, 3.63) is 65.7 Å². The Bertz CT molecular complexity index is 1020. The Morgan fingerprint density at radius 3 is 2.27 bits per heavy atom. The highest BCUT2D eigenvalue weighted by atomic mass is 19.1. The quantitative estimate of drug-likeness (QED) is 0.560. The second kappa shape index (κ2) is 9.87. The van der Waals surface area contributed by atoms with E-state index in [1.165, 1.54) is 37.1 Å². The van der Waals surface area contributed by atoms with E-state index in [2.05, 4.69) is 37.5 Å². The molecule has 1 atom stereocenters. The molecule has 0 bridgehead atoms. The second-order valence-corrected chi connectivity index (χ2v) is 8.95. The Morgan fingerprint density at radius 2 is 1.61 bits per heavy atom. The molecule has 8 heteroatoms. The summed E-state index contributed by atoms with van der Waals surface area (Å²) >= 11 is 0. The lowest BCUT2D eigenvalue weighted by Crippen LogP contribution is -2.48. The van der Waals surface area contributed by atoms with Gasteiger partial charge in [-0.1, -0.05) is 31.4 Å². The van der Waals surface area contributed by atoms with Crippen LogP contribution in [0.4, 0.5) is 10.1 Å². The molecule has 174 valence electrons. The molecule has 0 radical (unpaired) electrons. The number of rotatable bonds is 6. The van der Waals surface area contributed by atoms with Crippen molar-refractivity contribution in [3.63, 3.8) is 0 Å². The predicted octanol–water partition coefficient (Wildman–Crippen LogP) is 4.24. The molecule has 1 saturated carbocycles. The van der Waals surface area contributed by atoms with Crippen molar-refractivity contribution in [2.45, 2.75) is 44.2 Å². The van der Waals surface area contributed by atoms with Crippen LogP contribution in [0.3, 0.4) is 0 Å². The summed E-state index contributed by atoms with van der Waals surface area (Å²) in [6.45, 7) is 3.53. The Morgan fingerprint density at radius 1 is 0.909 bits per heavy atom. The molecule has 0 spiro atoms. The molecular formula is C25H31FN6O. The maximum atomic E-state index is 13.7. The lowest BCUT2D eigenvalue weighted by atomic mass is 9.95. The topological polar surface area (TPSA) is 59.3 Å². The summed E-state index contributed by atoms with van der Waals surface area (Å²) < 4.78 is 21.1. The van der Waals surface area contributed by atoms with Gasteiger partial charge in [0.2, 0.25) is 0 Å². The molecule has 1 aromatic heterocycles. The first-order valence-electron chi connectivity index (χ1n) is 11.9. The molecule has 2 aromatic carbocycles. The van der Waals surface area contributed by atoms with Gasteiger partial charge in [0.25, 0.3) is 0 Å². The van der Waals surface area contributed by atoms with E-state index in [1.54, 1.807) is 7.11 Å². The summed E-state index contributed by atoms with van der Waals surface area (Å²) in [5.74, 6) is 1.50. The highest BCUT2D eigenvalue weighted by Gasteiger charge is 2.32. The second-order valence-electron chi connectivity index (χ2n) is 8.95. The summed E-state index contributed by atoms with van der Waals surface area (Å²) in [4.78, 5) is 4.82. The maximum Gasteiger partial charge on any atom is 0.173 e. The van der Waals surface area contributed by atoms with E-state index in [1.807, 2.05) is 28.9 Å². The fourth-order valence-electron chi connectivity index (χ4n) is 5.17. The number of aromatic nitrogens is 4. The standard InChI is InChI=1S/C25H31FN6O/c1-33-23-13-11-21(12-14-23)30-15-17-31(18-16-30)24(19-7-9-20(26)10-8-19)25-27-28-29-32(25)22-5-3-2-4-6-22/h7-14,22,24H,2-6,15-18H2,1H3/t24-/m1/s1. The molecule has 0 unspecified atom stereocenters. The van der Waals surface area contributed by atoms with Crippen LogP contribution in [-0.2, 0) is 0 Å². The number of halogens is 1. The van der Waals surface area contributed by atoms with Gasteiger partial charge < -0.3 is 9.64 Å². The number of hydrogen-bond acceptors (Lipinski definition) is 6. The number of nitrogens with zero attached hydrogens (tertiary/aromatic N) is 6. The minimum atomic E-state index is -0.228. The Hall–Kier alpha value is -3.00. The van der Waals surface area contributed by atoms with Crippen LogP contribution >= 0.6 is 0 Å². The van der Waals surface area contributed by atoms with Crippen LogP contribution in [0, 0.1) is 5.82 Å². The summed E-state index contributed by atoms with van der Waals surface area (Å²) in [5, 5.41) is 13.0. The first-order chi connectivity index (χ1) is 16.2. The first kappa shape index (κ1) is 21.8. The zero-order valence-electron chi connectivity index (χ0n) is 19.1. The van der Waals surface area contributed by atoms with Gasteiger partial charge in [-0.3, -0.25) is 4.90 Å². The fraction of sp³-hybridized carbons (Fsp3) is 0.480. The van der Waals surface area contributed by atoms with Crippen LogP contribution < -0.4 is 9.64 Å². The molecule has 33 heavy (non-hydrogen) atoms. The highest BCUT2D eigenvalue weighted by Crippen LogP contribution is 2.34. The van der Waals surface area contributed by atoms with Gasteiger partial charge >= 0.3 is 0 Å². The smallest absolute Gasteiger partial charge is 0.173 e. The molecule has 0 N–H and O–H groups in total. The van der Waals surface area contributed by atoms with Crippen molar-refractivity contribution in [3.8, 4) is 5.75 Å². The number of anilines is 1. The molecule has 0 amide bonds. The minimum Gasteiger partial charge on any atom is -0.497 e. The summed E-state index contributed by atoms with van der Waals surface area (Å²) in [5.41, 5.74) is 2.22. The van der Waals surface area contributed by atoms with Gasteiger partial charge in [-0.05, 0) is 65.2 Å².